The third-order valence-corrected chi connectivity index (χ3v) is 5.68. The van der Waals surface area contributed by atoms with Crippen molar-refractivity contribution in [3.63, 3.8) is 0 Å². The van der Waals surface area contributed by atoms with Gasteiger partial charge in [0.05, 0.1) is 17.2 Å². The molecule has 124 valence electrons. The molecule has 1 aliphatic rings. The van der Waals surface area contributed by atoms with E-state index in [4.69, 9.17) is 16.0 Å². The van der Waals surface area contributed by atoms with Crippen LogP contribution in [0.3, 0.4) is 0 Å². The highest BCUT2D eigenvalue weighted by Crippen LogP contribution is 2.25. The third-order valence-electron chi connectivity index (χ3n) is 4.03. The smallest absolute Gasteiger partial charge is 0.240 e. The van der Waals surface area contributed by atoms with Gasteiger partial charge in [-0.1, -0.05) is 17.7 Å². The first-order valence-electron chi connectivity index (χ1n) is 7.59. The molecule has 1 aliphatic heterocycles. The van der Waals surface area contributed by atoms with Crippen LogP contribution in [0.15, 0.2) is 52.0 Å². The van der Waals surface area contributed by atoms with Gasteiger partial charge in [-0.05, 0) is 56.3 Å². The van der Waals surface area contributed by atoms with Crippen LogP contribution >= 0.6 is 11.6 Å². The molecule has 0 saturated carbocycles. The molecule has 1 unspecified atom stereocenters. The van der Waals surface area contributed by atoms with Crippen LogP contribution < -0.4 is 4.72 Å². The van der Waals surface area contributed by atoms with Crippen molar-refractivity contribution in [2.75, 3.05) is 19.6 Å². The van der Waals surface area contributed by atoms with E-state index in [0.717, 1.165) is 31.7 Å². The van der Waals surface area contributed by atoms with E-state index in [1.165, 1.54) is 12.1 Å². The molecule has 1 fully saturated rings. The van der Waals surface area contributed by atoms with Gasteiger partial charge in [-0.15, -0.1) is 0 Å². The summed E-state index contributed by atoms with van der Waals surface area (Å²) in [6.07, 6.45) is 3.86. The maximum absolute atomic E-state index is 12.5. The maximum atomic E-state index is 12.5. The summed E-state index contributed by atoms with van der Waals surface area (Å²) in [5, 5.41) is 0.398. The van der Waals surface area contributed by atoms with Crippen molar-refractivity contribution >= 4 is 21.6 Å². The summed E-state index contributed by atoms with van der Waals surface area (Å²) in [6, 6.07) is 9.87. The number of nitrogens with zero attached hydrogens (tertiary/aromatic N) is 1. The minimum atomic E-state index is -3.60. The molecule has 0 bridgehead atoms. The van der Waals surface area contributed by atoms with Gasteiger partial charge in [-0.25, -0.2) is 13.1 Å². The quantitative estimate of drug-likeness (QED) is 0.866. The van der Waals surface area contributed by atoms with Gasteiger partial charge in [-0.3, -0.25) is 4.90 Å². The van der Waals surface area contributed by atoms with Gasteiger partial charge in [0.1, 0.15) is 5.76 Å². The molecule has 0 amide bonds. The van der Waals surface area contributed by atoms with E-state index in [9.17, 15) is 8.42 Å². The predicted octanol–water partition coefficient (Wildman–Crippen LogP) is 3.05. The van der Waals surface area contributed by atoms with Crippen LogP contribution in [-0.4, -0.2) is 33.0 Å². The first-order valence-corrected chi connectivity index (χ1v) is 9.45. The van der Waals surface area contributed by atoms with E-state index in [1.807, 2.05) is 12.1 Å². The Morgan fingerprint density at radius 3 is 2.65 bits per heavy atom. The lowest BCUT2D eigenvalue weighted by Crippen LogP contribution is -2.36. The van der Waals surface area contributed by atoms with Crippen LogP contribution in [0.25, 0.3) is 0 Å². The summed E-state index contributed by atoms with van der Waals surface area (Å²) in [5.41, 5.74) is 0. The SMILES string of the molecule is O=S(=O)(NCC(c1ccco1)N1CCCC1)c1cccc(Cl)c1. The van der Waals surface area contributed by atoms with E-state index in [-0.39, 0.29) is 17.5 Å². The maximum Gasteiger partial charge on any atom is 0.240 e. The average Bonchev–Trinajstić information content (AvgIpc) is 3.21. The van der Waals surface area contributed by atoms with E-state index in [2.05, 4.69) is 9.62 Å². The van der Waals surface area contributed by atoms with Crippen molar-refractivity contribution < 1.29 is 12.8 Å². The Bertz CT molecular complexity index is 740. The fourth-order valence-corrected chi connectivity index (χ4v) is 4.19. The largest absolute Gasteiger partial charge is 0.468 e. The normalized spacial score (nSPS) is 17.4. The van der Waals surface area contributed by atoms with E-state index in [1.54, 1.807) is 18.4 Å². The van der Waals surface area contributed by atoms with Crippen molar-refractivity contribution in [1.29, 1.82) is 0 Å². The van der Waals surface area contributed by atoms with Crippen molar-refractivity contribution in [2.24, 2.45) is 0 Å². The summed E-state index contributed by atoms with van der Waals surface area (Å²) in [5.74, 6) is 0.778. The van der Waals surface area contributed by atoms with Crippen molar-refractivity contribution in [3.8, 4) is 0 Å². The van der Waals surface area contributed by atoms with Crippen molar-refractivity contribution in [3.05, 3.63) is 53.4 Å². The number of hydrogen-bond donors (Lipinski definition) is 1. The highest BCUT2D eigenvalue weighted by molar-refractivity contribution is 7.89. The number of halogens is 1. The van der Waals surface area contributed by atoms with E-state index in [0.29, 0.717) is 5.02 Å². The Morgan fingerprint density at radius 1 is 1.22 bits per heavy atom. The van der Waals surface area contributed by atoms with Gasteiger partial charge in [0.25, 0.3) is 0 Å². The van der Waals surface area contributed by atoms with Gasteiger partial charge in [0, 0.05) is 11.6 Å². The number of nitrogens with one attached hydrogen (secondary N) is 1. The molecule has 1 N–H and O–H groups in total. The fourth-order valence-electron chi connectivity index (χ4n) is 2.85. The van der Waals surface area contributed by atoms with Crippen LogP contribution in [0.2, 0.25) is 5.02 Å². The summed E-state index contributed by atoms with van der Waals surface area (Å²) < 4.78 is 33.1. The van der Waals surface area contributed by atoms with Crippen LogP contribution in [0.1, 0.15) is 24.6 Å². The molecule has 23 heavy (non-hydrogen) atoms. The molecule has 5 nitrogen and oxygen atoms in total. The number of hydrogen-bond acceptors (Lipinski definition) is 4. The number of furan rings is 1. The topological polar surface area (TPSA) is 62.6 Å². The molecule has 1 aromatic carbocycles. The number of sulfonamides is 1. The minimum absolute atomic E-state index is 0.0959. The van der Waals surface area contributed by atoms with Crippen LogP contribution in [0.4, 0.5) is 0 Å². The standard InChI is InChI=1S/C16H19ClN2O3S/c17-13-5-3-6-14(11-13)23(20,21)18-12-15(16-7-4-10-22-16)19-8-1-2-9-19/h3-7,10-11,15,18H,1-2,8-9,12H2. The first kappa shape index (κ1) is 16.5. The van der Waals surface area contributed by atoms with Crippen molar-refractivity contribution in [2.45, 2.75) is 23.8 Å². The average molecular weight is 355 g/mol. The summed E-state index contributed by atoms with van der Waals surface area (Å²) in [6.45, 7) is 2.16. The molecule has 0 radical (unpaired) electrons. The first-order chi connectivity index (χ1) is 11.1. The highest BCUT2D eigenvalue weighted by Gasteiger charge is 2.27. The summed E-state index contributed by atoms with van der Waals surface area (Å²) >= 11 is 5.88. The van der Waals surface area contributed by atoms with Crippen LogP contribution in [0, 0.1) is 0 Å². The lowest BCUT2D eigenvalue weighted by molar-refractivity contribution is 0.216. The van der Waals surface area contributed by atoms with Crippen LogP contribution in [-0.2, 0) is 10.0 Å². The van der Waals surface area contributed by atoms with Crippen molar-refractivity contribution in [1.82, 2.24) is 9.62 Å². The Kier molecular flexibility index (Phi) is 5.06. The Balaban J connectivity index is 1.76. The highest BCUT2D eigenvalue weighted by atomic mass is 35.5. The monoisotopic (exact) mass is 354 g/mol. The molecule has 1 saturated heterocycles. The Morgan fingerprint density at radius 2 is 2.00 bits per heavy atom. The zero-order valence-electron chi connectivity index (χ0n) is 12.6. The van der Waals surface area contributed by atoms with Crippen LogP contribution in [0.5, 0.6) is 0 Å². The molecular weight excluding hydrogens is 336 g/mol. The second kappa shape index (κ2) is 7.05. The van der Waals surface area contributed by atoms with E-state index >= 15 is 0 Å². The van der Waals surface area contributed by atoms with Gasteiger partial charge in [-0.2, -0.15) is 0 Å². The number of rotatable bonds is 6. The molecule has 2 heterocycles. The molecule has 0 spiro atoms. The van der Waals surface area contributed by atoms with Gasteiger partial charge in [0.2, 0.25) is 10.0 Å². The van der Waals surface area contributed by atoms with E-state index < -0.39 is 10.0 Å². The Hall–Kier alpha value is -1.34. The lowest BCUT2D eigenvalue weighted by Gasteiger charge is -2.25. The molecule has 0 aliphatic carbocycles. The summed E-state index contributed by atoms with van der Waals surface area (Å²) in [7, 11) is -3.60. The van der Waals surface area contributed by atoms with Gasteiger partial charge >= 0.3 is 0 Å². The number of likely N-dealkylation sites (tertiary alicyclic amines) is 1. The predicted molar refractivity (Wildman–Crippen MR) is 88.9 cm³/mol. The lowest BCUT2D eigenvalue weighted by atomic mass is 10.2. The number of benzene rings is 1. The molecular formula is C16H19ClN2O3S. The minimum Gasteiger partial charge on any atom is -0.468 e. The molecule has 2 aromatic rings. The molecule has 1 aromatic heterocycles. The fraction of sp³-hybridized carbons (Fsp3) is 0.375. The molecule has 1 atom stereocenters. The van der Waals surface area contributed by atoms with Gasteiger partial charge < -0.3 is 4.42 Å². The second-order valence-corrected chi connectivity index (χ2v) is 7.79. The molecule has 3 rings (SSSR count). The second-order valence-electron chi connectivity index (χ2n) is 5.58. The third kappa shape index (κ3) is 3.95. The zero-order valence-corrected chi connectivity index (χ0v) is 14.2. The molecule has 7 heteroatoms. The zero-order chi connectivity index (χ0) is 16.3. The van der Waals surface area contributed by atoms with Gasteiger partial charge in [0.15, 0.2) is 0 Å². The Labute approximate surface area is 141 Å². The summed E-state index contributed by atoms with van der Waals surface area (Å²) in [4.78, 5) is 2.42.